The van der Waals surface area contributed by atoms with Crippen molar-refractivity contribution < 1.29 is 0 Å². The molecule has 0 saturated carbocycles. The van der Waals surface area contributed by atoms with Gasteiger partial charge in [0.2, 0.25) is 0 Å². The summed E-state index contributed by atoms with van der Waals surface area (Å²) in [4.78, 5) is 2.81. The summed E-state index contributed by atoms with van der Waals surface area (Å²) in [6, 6.07) is 2.46. The smallest absolute Gasteiger partial charge is 0.0113 e. The molecule has 1 N–H and O–H groups in total. The number of nitrogens with zero attached hydrogens (tertiary/aromatic N) is 1. The molecule has 0 aromatic carbocycles. The van der Waals surface area contributed by atoms with Crippen LogP contribution in [0.5, 0.6) is 0 Å². The second kappa shape index (κ2) is 7.92. The third-order valence-electron chi connectivity index (χ3n) is 4.80. The van der Waals surface area contributed by atoms with E-state index in [4.69, 9.17) is 6.42 Å². The maximum absolute atomic E-state index is 5.33. The Bertz CT molecular complexity index is 280. The van der Waals surface area contributed by atoms with Crippen LogP contribution in [-0.2, 0) is 0 Å². The van der Waals surface area contributed by atoms with Crippen molar-refractivity contribution in [1.29, 1.82) is 0 Å². The number of hydrogen-bond donors (Lipinski definition) is 1. The first-order chi connectivity index (χ1) is 9.35. The first-order valence-electron chi connectivity index (χ1n) is 8.27. The van der Waals surface area contributed by atoms with Crippen molar-refractivity contribution in [3.05, 3.63) is 0 Å². The Balaban J connectivity index is 1.80. The van der Waals surface area contributed by atoms with Crippen LogP contribution in [0.15, 0.2) is 0 Å². The molecule has 2 nitrogen and oxygen atoms in total. The fourth-order valence-corrected chi connectivity index (χ4v) is 3.88. The van der Waals surface area contributed by atoms with E-state index in [2.05, 4.69) is 23.1 Å². The molecule has 2 bridgehead atoms. The van der Waals surface area contributed by atoms with Gasteiger partial charge in [0.1, 0.15) is 0 Å². The summed E-state index contributed by atoms with van der Waals surface area (Å²) in [5, 5.41) is 3.74. The van der Waals surface area contributed by atoms with E-state index in [9.17, 15) is 0 Å². The molecule has 108 valence electrons. The summed E-state index contributed by atoms with van der Waals surface area (Å²) in [5.41, 5.74) is 0. The zero-order chi connectivity index (χ0) is 13.5. The van der Waals surface area contributed by atoms with Crippen LogP contribution in [0.2, 0.25) is 0 Å². The van der Waals surface area contributed by atoms with Crippen LogP contribution < -0.4 is 5.32 Å². The maximum atomic E-state index is 5.33. The number of rotatable bonds is 7. The Morgan fingerprint density at radius 3 is 2.58 bits per heavy atom. The normalized spacial score (nSPS) is 31.1. The predicted octanol–water partition coefficient (Wildman–Crippen LogP) is 3.18. The average molecular weight is 262 g/mol. The van der Waals surface area contributed by atoms with E-state index < -0.39 is 0 Å². The molecule has 2 heterocycles. The molecule has 2 unspecified atom stereocenters. The summed E-state index contributed by atoms with van der Waals surface area (Å²) in [7, 11) is 0. The molecule has 2 heteroatoms. The standard InChI is InChI=1S/C17H30N2/c1-3-5-6-7-12-19-16-9-8-10-17(19)14-15(13-16)18-11-4-2/h1,15-18H,4-14H2,2H3. The van der Waals surface area contributed by atoms with Gasteiger partial charge in [-0.2, -0.15) is 0 Å². The summed E-state index contributed by atoms with van der Waals surface area (Å²) in [6.07, 6.45) is 17.0. The van der Waals surface area contributed by atoms with Gasteiger partial charge in [-0.1, -0.05) is 13.3 Å². The summed E-state index contributed by atoms with van der Waals surface area (Å²) in [6.45, 7) is 4.72. The van der Waals surface area contributed by atoms with Gasteiger partial charge in [-0.3, -0.25) is 4.90 Å². The second-order valence-electron chi connectivity index (χ2n) is 6.26. The van der Waals surface area contributed by atoms with E-state index in [1.807, 2.05) is 0 Å². The minimum Gasteiger partial charge on any atom is -0.314 e. The Kier molecular flexibility index (Phi) is 6.20. The van der Waals surface area contributed by atoms with Crippen molar-refractivity contribution in [2.45, 2.75) is 82.8 Å². The van der Waals surface area contributed by atoms with Crippen molar-refractivity contribution >= 4 is 0 Å². The van der Waals surface area contributed by atoms with Gasteiger partial charge in [-0.05, 0) is 58.0 Å². The molecule has 2 rings (SSSR count). The highest BCUT2D eigenvalue weighted by Crippen LogP contribution is 2.34. The minimum absolute atomic E-state index is 0.775. The lowest BCUT2D eigenvalue weighted by Gasteiger charge is -2.49. The minimum atomic E-state index is 0.775. The molecule has 2 aliphatic rings. The van der Waals surface area contributed by atoms with Gasteiger partial charge in [0.15, 0.2) is 0 Å². The Morgan fingerprint density at radius 1 is 1.21 bits per heavy atom. The largest absolute Gasteiger partial charge is 0.314 e. The molecule has 0 spiro atoms. The number of hydrogen-bond acceptors (Lipinski definition) is 2. The van der Waals surface area contributed by atoms with Crippen molar-refractivity contribution in [2.75, 3.05) is 13.1 Å². The predicted molar refractivity (Wildman–Crippen MR) is 82.1 cm³/mol. The molecular weight excluding hydrogens is 232 g/mol. The van der Waals surface area contributed by atoms with E-state index in [1.165, 1.54) is 64.5 Å². The lowest BCUT2D eigenvalue weighted by Crippen LogP contribution is -2.56. The zero-order valence-corrected chi connectivity index (χ0v) is 12.5. The fourth-order valence-electron chi connectivity index (χ4n) is 3.88. The maximum Gasteiger partial charge on any atom is 0.0113 e. The molecule has 0 amide bonds. The molecule has 2 aliphatic heterocycles. The van der Waals surface area contributed by atoms with Gasteiger partial charge >= 0.3 is 0 Å². The molecule has 0 aromatic rings. The third-order valence-corrected chi connectivity index (χ3v) is 4.80. The first-order valence-corrected chi connectivity index (χ1v) is 8.27. The molecule has 2 atom stereocenters. The molecule has 0 radical (unpaired) electrons. The first kappa shape index (κ1) is 14.9. The quantitative estimate of drug-likeness (QED) is 0.560. The highest BCUT2D eigenvalue weighted by Gasteiger charge is 2.37. The number of piperidine rings is 2. The molecule has 0 aliphatic carbocycles. The molecule has 0 aromatic heterocycles. The van der Waals surface area contributed by atoms with Crippen LogP contribution in [0.4, 0.5) is 0 Å². The van der Waals surface area contributed by atoms with Gasteiger partial charge in [0, 0.05) is 24.5 Å². The van der Waals surface area contributed by atoms with Crippen molar-refractivity contribution in [3.63, 3.8) is 0 Å². The lowest BCUT2D eigenvalue weighted by atomic mass is 9.81. The van der Waals surface area contributed by atoms with Gasteiger partial charge in [-0.25, -0.2) is 0 Å². The van der Waals surface area contributed by atoms with Crippen LogP contribution in [0.25, 0.3) is 0 Å². The van der Waals surface area contributed by atoms with Gasteiger partial charge in [-0.15, -0.1) is 12.3 Å². The average Bonchev–Trinajstić information content (AvgIpc) is 2.41. The summed E-state index contributed by atoms with van der Waals surface area (Å²) >= 11 is 0. The van der Waals surface area contributed by atoms with Crippen LogP contribution >= 0.6 is 0 Å². The number of nitrogens with one attached hydrogen (secondary N) is 1. The Morgan fingerprint density at radius 2 is 1.95 bits per heavy atom. The molecule has 2 fully saturated rings. The lowest BCUT2D eigenvalue weighted by molar-refractivity contribution is 0.0235. The van der Waals surface area contributed by atoms with E-state index in [0.29, 0.717) is 0 Å². The van der Waals surface area contributed by atoms with E-state index in [-0.39, 0.29) is 0 Å². The van der Waals surface area contributed by atoms with Crippen molar-refractivity contribution in [2.24, 2.45) is 0 Å². The fraction of sp³-hybridized carbons (Fsp3) is 0.882. The zero-order valence-electron chi connectivity index (χ0n) is 12.5. The second-order valence-corrected chi connectivity index (χ2v) is 6.26. The van der Waals surface area contributed by atoms with Gasteiger partial charge in [0.05, 0.1) is 0 Å². The van der Waals surface area contributed by atoms with Crippen LogP contribution in [0.3, 0.4) is 0 Å². The van der Waals surface area contributed by atoms with Crippen LogP contribution in [0.1, 0.15) is 64.7 Å². The number of unbranched alkanes of at least 4 members (excludes halogenated alkanes) is 2. The monoisotopic (exact) mass is 262 g/mol. The van der Waals surface area contributed by atoms with E-state index in [0.717, 1.165) is 24.5 Å². The van der Waals surface area contributed by atoms with E-state index >= 15 is 0 Å². The number of terminal acetylenes is 1. The number of fused-ring (bicyclic) bond motifs is 2. The molecule has 19 heavy (non-hydrogen) atoms. The highest BCUT2D eigenvalue weighted by molar-refractivity contribution is 4.95. The summed E-state index contributed by atoms with van der Waals surface area (Å²) in [5.74, 6) is 2.76. The topological polar surface area (TPSA) is 15.3 Å². The third kappa shape index (κ3) is 4.23. The Labute approximate surface area is 119 Å². The van der Waals surface area contributed by atoms with Crippen molar-refractivity contribution in [3.8, 4) is 12.3 Å². The van der Waals surface area contributed by atoms with Crippen LogP contribution in [0, 0.1) is 12.3 Å². The highest BCUT2D eigenvalue weighted by atomic mass is 15.2. The van der Waals surface area contributed by atoms with Crippen molar-refractivity contribution in [1.82, 2.24) is 10.2 Å². The Hall–Kier alpha value is -0.520. The van der Waals surface area contributed by atoms with Gasteiger partial charge in [0.25, 0.3) is 0 Å². The van der Waals surface area contributed by atoms with E-state index in [1.54, 1.807) is 0 Å². The molecular formula is C17H30N2. The SMILES string of the molecule is C#CCCCCN1C2CCCC1CC(NCCC)C2. The summed E-state index contributed by atoms with van der Waals surface area (Å²) < 4.78 is 0. The van der Waals surface area contributed by atoms with Gasteiger partial charge < -0.3 is 5.32 Å². The van der Waals surface area contributed by atoms with Crippen LogP contribution in [-0.4, -0.2) is 36.1 Å². The molecule has 2 saturated heterocycles.